The Labute approximate surface area is 115 Å². The Morgan fingerprint density at radius 2 is 1.95 bits per heavy atom. The second kappa shape index (κ2) is 5.40. The van der Waals surface area contributed by atoms with Crippen molar-refractivity contribution < 1.29 is 14.7 Å². The molecule has 0 fully saturated rings. The molecule has 1 heterocycles. The number of carbonyl (C=O) groups is 2. The Balaban J connectivity index is 2.27. The second-order valence-corrected chi connectivity index (χ2v) is 5.59. The molecule has 1 amide bonds. The lowest BCUT2D eigenvalue weighted by Crippen LogP contribution is -2.44. The lowest BCUT2D eigenvalue weighted by molar-refractivity contribution is -0.140. The van der Waals surface area contributed by atoms with E-state index in [1.807, 2.05) is 24.3 Å². The third-order valence-corrected chi connectivity index (χ3v) is 3.91. The van der Waals surface area contributed by atoms with Gasteiger partial charge in [-0.3, -0.25) is 4.79 Å². The van der Waals surface area contributed by atoms with Crippen LogP contribution in [0.3, 0.4) is 0 Å². The topological polar surface area (TPSA) is 66.4 Å². The Kier molecular flexibility index (Phi) is 3.85. The molecule has 0 saturated carbocycles. The summed E-state index contributed by atoms with van der Waals surface area (Å²) in [5.41, 5.74) is 0.535. The minimum atomic E-state index is -1.01. The third-order valence-electron chi connectivity index (χ3n) is 2.94. The van der Waals surface area contributed by atoms with Crippen LogP contribution >= 0.6 is 11.3 Å². The number of rotatable bonds is 4. The van der Waals surface area contributed by atoms with Gasteiger partial charge in [0.05, 0.1) is 5.56 Å². The number of thiophene rings is 1. The first-order valence-electron chi connectivity index (χ1n) is 6.00. The van der Waals surface area contributed by atoms with Crippen molar-refractivity contribution in [3.05, 3.63) is 35.2 Å². The summed E-state index contributed by atoms with van der Waals surface area (Å²) < 4.78 is 1.02. The quantitative estimate of drug-likeness (QED) is 0.903. The van der Waals surface area contributed by atoms with E-state index < -0.39 is 12.0 Å². The summed E-state index contributed by atoms with van der Waals surface area (Å²) in [4.78, 5) is 23.3. The van der Waals surface area contributed by atoms with E-state index >= 15 is 0 Å². The number of fused-ring (bicyclic) bond motifs is 1. The molecule has 0 aliphatic heterocycles. The van der Waals surface area contributed by atoms with Crippen molar-refractivity contribution >= 4 is 33.3 Å². The van der Waals surface area contributed by atoms with Gasteiger partial charge in [0.2, 0.25) is 0 Å². The summed E-state index contributed by atoms with van der Waals surface area (Å²) in [6.07, 6.45) is 0. The van der Waals surface area contributed by atoms with E-state index in [9.17, 15) is 9.59 Å². The Morgan fingerprint density at radius 3 is 2.58 bits per heavy atom. The van der Waals surface area contributed by atoms with Crippen molar-refractivity contribution in [3.63, 3.8) is 0 Å². The van der Waals surface area contributed by atoms with Gasteiger partial charge in [0.25, 0.3) is 5.91 Å². The van der Waals surface area contributed by atoms with E-state index in [2.05, 4.69) is 5.32 Å². The fourth-order valence-corrected chi connectivity index (χ4v) is 2.83. The van der Waals surface area contributed by atoms with E-state index in [1.165, 1.54) is 11.3 Å². The highest BCUT2D eigenvalue weighted by Gasteiger charge is 2.24. The van der Waals surface area contributed by atoms with Gasteiger partial charge in [0, 0.05) is 15.5 Å². The molecule has 5 heteroatoms. The summed E-state index contributed by atoms with van der Waals surface area (Å²) >= 11 is 1.48. The number of nitrogens with one attached hydrogen (secondary N) is 1. The monoisotopic (exact) mass is 277 g/mol. The number of hydrogen-bond acceptors (Lipinski definition) is 3. The van der Waals surface area contributed by atoms with Crippen molar-refractivity contribution in [2.24, 2.45) is 5.92 Å². The van der Waals surface area contributed by atoms with Crippen molar-refractivity contribution in [1.29, 1.82) is 0 Å². The van der Waals surface area contributed by atoms with Gasteiger partial charge in [0.1, 0.15) is 6.04 Å². The van der Waals surface area contributed by atoms with Crippen LogP contribution in [0.15, 0.2) is 29.6 Å². The van der Waals surface area contributed by atoms with Crippen LogP contribution in [0.1, 0.15) is 24.2 Å². The number of amides is 1. The molecule has 0 aliphatic carbocycles. The standard InChI is InChI=1S/C14H15NO3S/c1-8(2)12(14(17)18)15-13(16)10-7-19-11-6-4-3-5-9(10)11/h3-8,12H,1-2H3,(H,15,16)(H,17,18)/t12-/m1/s1. The van der Waals surface area contributed by atoms with Crippen molar-refractivity contribution in [3.8, 4) is 0 Å². The summed E-state index contributed by atoms with van der Waals surface area (Å²) in [5.74, 6) is -1.51. The van der Waals surface area contributed by atoms with E-state index in [-0.39, 0.29) is 11.8 Å². The number of carboxylic acids is 1. The van der Waals surface area contributed by atoms with Gasteiger partial charge in [-0.25, -0.2) is 4.79 Å². The highest BCUT2D eigenvalue weighted by Crippen LogP contribution is 2.25. The highest BCUT2D eigenvalue weighted by atomic mass is 32.1. The molecule has 1 atom stereocenters. The van der Waals surface area contributed by atoms with Crippen molar-refractivity contribution in [1.82, 2.24) is 5.32 Å². The van der Waals surface area contributed by atoms with E-state index in [4.69, 9.17) is 5.11 Å². The number of hydrogen-bond donors (Lipinski definition) is 2. The lowest BCUT2D eigenvalue weighted by atomic mass is 10.0. The fraction of sp³-hybridized carbons (Fsp3) is 0.286. The zero-order valence-electron chi connectivity index (χ0n) is 10.7. The zero-order valence-corrected chi connectivity index (χ0v) is 11.5. The van der Waals surface area contributed by atoms with E-state index in [0.717, 1.165) is 10.1 Å². The molecule has 1 aromatic heterocycles. The molecule has 19 heavy (non-hydrogen) atoms. The zero-order chi connectivity index (χ0) is 14.0. The van der Waals surface area contributed by atoms with E-state index in [0.29, 0.717) is 5.56 Å². The van der Waals surface area contributed by atoms with Crippen LogP contribution in [0.4, 0.5) is 0 Å². The number of benzene rings is 1. The average Bonchev–Trinajstić information content (AvgIpc) is 2.78. The first-order chi connectivity index (χ1) is 9.00. The number of aliphatic carboxylic acids is 1. The normalized spacial score (nSPS) is 12.6. The van der Waals surface area contributed by atoms with Gasteiger partial charge in [-0.2, -0.15) is 0 Å². The molecule has 0 spiro atoms. The number of carbonyl (C=O) groups excluding carboxylic acids is 1. The van der Waals surface area contributed by atoms with Crippen molar-refractivity contribution in [2.45, 2.75) is 19.9 Å². The molecule has 2 aromatic rings. The summed E-state index contributed by atoms with van der Waals surface area (Å²) in [6.45, 7) is 3.54. The van der Waals surface area contributed by atoms with Crippen LogP contribution in [0.5, 0.6) is 0 Å². The summed E-state index contributed by atoms with van der Waals surface area (Å²) in [7, 11) is 0. The van der Waals surface area contributed by atoms with Gasteiger partial charge in [-0.15, -0.1) is 11.3 Å². The van der Waals surface area contributed by atoms with Gasteiger partial charge in [0.15, 0.2) is 0 Å². The number of carboxylic acid groups (broad SMARTS) is 1. The Bertz CT molecular complexity index is 618. The maximum absolute atomic E-state index is 12.2. The lowest BCUT2D eigenvalue weighted by Gasteiger charge is -2.17. The van der Waals surface area contributed by atoms with Crippen LogP contribution in [0.25, 0.3) is 10.1 Å². The first kappa shape index (κ1) is 13.5. The predicted molar refractivity (Wildman–Crippen MR) is 75.6 cm³/mol. The minimum Gasteiger partial charge on any atom is -0.480 e. The molecule has 100 valence electrons. The molecule has 0 aliphatic rings. The van der Waals surface area contributed by atoms with Crippen LogP contribution in [0, 0.1) is 5.92 Å². The Morgan fingerprint density at radius 1 is 1.26 bits per heavy atom. The largest absolute Gasteiger partial charge is 0.480 e. The SMILES string of the molecule is CC(C)[C@@H](NC(=O)c1csc2ccccc12)C(=O)O. The van der Waals surface area contributed by atoms with Crippen LogP contribution in [-0.2, 0) is 4.79 Å². The predicted octanol–water partition coefficient (Wildman–Crippen LogP) is 2.74. The highest BCUT2D eigenvalue weighted by molar-refractivity contribution is 7.17. The molecular weight excluding hydrogens is 262 g/mol. The first-order valence-corrected chi connectivity index (χ1v) is 6.88. The third kappa shape index (κ3) is 2.76. The average molecular weight is 277 g/mol. The van der Waals surface area contributed by atoms with Gasteiger partial charge < -0.3 is 10.4 Å². The van der Waals surface area contributed by atoms with Gasteiger partial charge in [-0.1, -0.05) is 32.0 Å². The van der Waals surface area contributed by atoms with Crippen LogP contribution in [0.2, 0.25) is 0 Å². The fourth-order valence-electron chi connectivity index (χ4n) is 1.89. The molecule has 0 bridgehead atoms. The minimum absolute atomic E-state index is 0.161. The smallest absolute Gasteiger partial charge is 0.326 e. The molecule has 0 unspecified atom stereocenters. The second-order valence-electron chi connectivity index (χ2n) is 4.68. The molecule has 1 aromatic carbocycles. The molecular formula is C14H15NO3S. The molecule has 4 nitrogen and oxygen atoms in total. The molecule has 0 radical (unpaired) electrons. The van der Waals surface area contributed by atoms with E-state index in [1.54, 1.807) is 19.2 Å². The maximum Gasteiger partial charge on any atom is 0.326 e. The molecule has 0 saturated heterocycles. The summed E-state index contributed by atoms with van der Waals surface area (Å²) in [5, 5.41) is 14.3. The van der Waals surface area contributed by atoms with Crippen LogP contribution < -0.4 is 5.32 Å². The van der Waals surface area contributed by atoms with Gasteiger partial charge in [-0.05, 0) is 12.0 Å². The maximum atomic E-state index is 12.2. The summed E-state index contributed by atoms with van der Waals surface area (Å²) in [6, 6.07) is 6.71. The van der Waals surface area contributed by atoms with Crippen LogP contribution in [-0.4, -0.2) is 23.0 Å². The molecule has 2 N–H and O–H groups in total. The van der Waals surface area contributed by atoms with Crippen molar-refractivity contribution in [2.75, 3.05) is 0 Å². The van der Waals surface area contributed by atoms with Gasteiger partial charge >= 0.3 is 5.97 Å². The Hall–Kier alpha value is -1.88. The molecule has 2 rings (SSSR count).